The van der Waals surface area contributed by atoms with Crippen molar-refractivity contribution < 1.29 is 9.53 Å². The topological polar surface area (TPSA) is 67.3 Å². The number of aryl methyl sites for hydroxylation is 1. The summed E-state index contributed by atoms with van der Waals surface area (Å²) in [5.74, 6) is 0.604. The predicted octanol–water partition coefficient (Wildman–Crippen LogP) is 0.488. The number of hydrogen-bond acceptors (Lipinski definition) is 5. The summed E-state index contributed by atoms with van der Waals surface area (Å²) in [6, 6.07) is 0.0123. The minimum absolute atomic E-state index is 0.0123. The molecule has 1 aliphatic heterocycles. The van der Waals surface area contributed by atoms with Gasteiger partial charge in [0.15, 0.2) is 0 Å². The molecule has 0 radical (unpaired) electrons. The van der Waals surface area contributed by atoms with E-state index in [2.05, 4.69) is 20.2 Å². The Balaban J connectivity index is 1.98. The van der Waals surface area contributed by atoms with Crippen molar-refractivity contribution in [3.8, 4) is 0 Å². The van der Waals surface area contributed by atoms with Gasteiger partial charge < -0.3 is 15.0 Å². The molecule has 2 rings (SSSR count). The van der Waals surface area contributed by atoms with Crippen LogP contribution in [0.4, 0.5) is 0 Å². The van der Waals surface area contributed by atoms with Crippen LogP contribution in [0.15, 0.2) is 12.4 Å². The third kappa shape index (κ3) is 3.52. The Labute approximate surface area is 119 Å². The Hall–Kier alpha value is -1.53. The van der Waals surface area contributed by atoms with Gasteiger partial charge in [0.1, 0.15) is 5.82 Å². The minimum atomic E-state index is -0.141. The quantitative estimate of drug-likeness (QED) is 0.849. The number of likely N-dealkylation sites (tertiary alicyclic amines) is 1. The maximum absolute atomic E-state index is 12.2. The van der Waals surface area contributed by atoms with Crippen LogP contribution in [0.2, 0.25) is 0 Å². The van der Waals surface area contributed by atoms with Gasteiger partial charge in [-0.05, 0) is 14.0 Å². The molecule has 1 saturated heterocycles. The summed E-state index contributed by atoms with van der Waals surface area (Å²) in [6.07, 6.45) is 3.97. The Kier molecular flexibility index (Phi) is 5.03. The number of likely N-dealkylation sites (N-methyl/N-ethyl adjacent to an activating group) is 1. The van der Waals surface area contributed by atoms with Gasteiger partial charge in [-0.3, -0.25) is 4.79 Å². The number of amides is 1. The second-order valence-corrected chi connectivity index (χ2v) is 5.04. The van der Waals surface area contributed by atoms with Gasteiger partial charge in [0.2, 0.25) is 0 Å². The lowest BCUT2D eigenvalue weighted by atomic mass is 10.2. The van der Waals surface area contributed by atoms with Crippen LogP contribution in [0, 0.1) is 0 Å². The first-order valence-corrected chi connectivity index (χ1v) is 7.06. The third-order valence-electron chi connectivity index (χ3n) is 3.43. The van der Waals surface area contributed by atoms with E-state index < -0.39 is 0 Å². The SMILES string of the molecule is CCO[C@H]1CN(C)C[C@@H]1NC(=O)c1cnc(CC)nc1. The zero-order chi connectivity index (χ0) is 14.5. The molecule has 2 atom stereocenters. The summed E-state index contributed by atoms with van der Waals surface area (Å²) in [7, 11) is 2.03. The number of aromatic nitrogens is 2. The van der Waals surface area contributed by atoms with Crippen molar-refractivity contribution in [2.75, 3.05) is 26.7 Å². The minimum Gasteiger partial charge on any atom is -0.375 e. The van der Waals surface area contributed by atoms with Gasteiger partial charge in [0.25, 0.3) is 5.91 Å². The molecule has 110 valence electrons. The summed E-state index contributed by atoms with van der Waals surface area (Å²) >= 11 is 0. The highest BCUT2D eigenvalue weighted by Crippen LogP contribution is 2.12. The second-order valence-electron chi connectivity index (χ2n) is 5.04. The van der Waals surface area contributed by atoms with Crippen molar-refractivity contribution in [2.24, 2.45) is 0 Å². The fourth-order valence-corrected chi connectivity index (χ4v) is 2.39. The summed E-state index contributed by atoms with van der Waals surface area (Å²) in [5, 5.41) is 3.01. The van der Waals surface area contributed by atoms with Crippen molar-refractivity contribution in [1.29, 1.82) is 0 Å². The van der Waals surface area contributed by atoms with Gasteiger partial charge >= 0.3 is 0 Å². The van der Waals surface area contributed by atoms with Crippen molar-refractivity contribution in [3.63, 3.8) is 0 Å². The van der Waals surface area contributed by atoms with E-state index in [1.54, 1.807) is 12.4 Å². The third-order valence-corrected chi connectivity index (χ3v) is 3.43. The molecule has 0 spiro atoms. The van der Waals surface area contributed by atoms with E-state index in [0.29, 0.717) is 12.2 Å². The molecule has 2 heterocycles. The highest BCUT2D eigenvalue weighted by atomic mass is 16.5. The van der Waals surface area contributed by atoms with Crippen molar-refractivity contribution >= 4 is 5.91 Å². The monoisotopic (exact) mass is 278 g/mol. The molecule has 0 bridgehead atoms. The van der Waals surface area contributed by atoms with E-state index in [9.17, 15) is 4.79 Å². The lowest BCUT2D eigenvalue weighted by molar-refractivity contribution is 0.0513. The number of carbonyl (C=O) groups is 1. The smallest absolute Gasteiger partial charge is 0.254 e. The predicted molar refractivity (Wildman–Crippen MR) is 75.6 cm³/mol. The fourth-order valence-electron chi connectivity index (χ4n) is 2.39. The molecule has 20 heavy (non-hydrogen) atoms. The van der Waals surface area contributed by atoms with E-state index in [-0.39, 0.29) is 18.1 Å². The second kappa shape index (κ2) is 6.76. The fraction of sp³-hybridized carbons (Fsp3) is 0.643. The normalized spacial score (nSPS) is 22.9. The molecule has 0 unspecified atom stereocenters. The van der Waals surface area contributed by atoms with Gasteiger partial charge in [-0.25, -0.2) is 9.97 Å². The van der Waals surface area contributed by atoms with E-state index in [1.165, 1.54) is 0 Å². The van der Waals surface area contributed by atoms with Crippen LogP contribution >= 0.6 is 0 Å². The molecule has 0 aromatic carbocycles. The van der Waals surface area contributed by atoms with Crippen LogP contribution in [0.1, 0.15) is 30.0 Å². The summed E-state index contributed by atoms with van der Waals surface area (Å²) in [4.78, 5) is 22.6. The zero-order valence-corrected chi connectivity index (χ0v) is 12.3. The molecule has 1 N–H and O–H groups in total. The number of rotatable bonds is 5. The van der Waals surface area contributed by atoms with Crippen LogP contribution in [-0.4, -0.2) is 59.7 Å². The maximum atomic E-state index is 12.2. The first-order chi connectivity index (χ1) is 9.63. The molecule has 0 aliphatic carbocycles. The van der Waals surface area contributed by atoms with Gasteiger partial charge in [0.05, 0.1) is 17.7 Å². The number of nitrogens with zero attached hydrogens (tertiary/aromatic N) is 3. The molecular weight excluding hydrogens is 256 g/mol. The number of ether oxygens (including phenoxy) is 1. The summed E-state index contributed by atoms with van der Waals surface area (Å²) in [6.45, 7) is 6.23. The van der Waals surface area contributed by atoms with Gasteiger partial charge in [-0.1, -0.05) is 6.92 Å². The molecule has 6 heteroatoms. The molecule has 1 amide bonds. The molecule has 1 aromatic rings. The van der Waals surface area contributed by atoms with E-state index >= 15 is 0 Å². The molecule has 1 aliphatic rings. The van der Waals surface area contributed by atoms with Crippen LogP contribution in [-0.2, 0) is 11.2 Å². The zero-order valence-electron chi connectivity index (χ0n) is 12.3. The van der Waals surface area contributed by atoms with Crippen molar-refractivity contribution in [1.82, 2.24) is 20.2 Å². The van der Waals surface area contributed by atoms with Crippen LogP contribution in [0.3, 0.4) is 0 Å². The molecular formula is C14H22N4O2. The standard InChI is InChI=1S/C14H22N4O2/c1-4-13-15-6-10(7-16-13)14(19)17-11-8-18(3)9-12(11)20-5-2/h6-7,11-12H,4-5,8-9H2,1-3H3,(H,17,19)/t11-,12-/m0/s1. The van der Waals surface area contributed by atoms with Gasteiger partial charge in [0, 0.05) is 38.5 Å². The number of nitrogens with one attached hydrogen (secondary N) is 1. The summed E-state index contributed by atoms with van der Waals surface area (Å²) in [5.41, 5.74) is 0.493. The first-order valence-electron chi connectivity index (χ1n) is 7.06. The maximum Gasteiger partial charge on any atom is 0.254 e. The Bertz CT molecular complexity index is 449. The van der Waals surface area contributed by atoms with E-state index in [1.807, 2.05) is 20.9 Å². The molecule has 6 nitrogen and oxygen atoms in total. The van der Waals surface area contributed by atoms with Crippen molar-refractivity contribution in [2.45, 2.75) is 32.4 Å². The first kappa shape index (κ1) is 14.9. The number of carbonyl (C=O) groups excluding carboxylic acids is 1. The van der Waals surface area contributed by atoms with E-state index in [4.69, 9.17) is 4.74 Å². The highest BCUT2D eigenvalue weighted by molar-refractivity contribution is 5.93. The molecule has 0 saturated carbocycles. The van der Waals surface area contributed by atoms with E-state index in [0.717, 1.165) is 25.3 Å². The Morgan fingerprint density at radius 3 is 2.70 bits per heavy atom. The number of hydrogen-bond donors (Lipinski definition) is 1. The van der Waals surface area contributed by atoms with Crippen LogP contribution in [0.25, 0.3) is 0 Å². The summed E-state index contributed by atoms with van der Waals surface area (Å²) < 4.78 is 5.67. The van der Waals surface area contributed by atoms with Crippen molar-refractivity contribution in [3.05, 3.63) is 23.8 Å². The Morgan fingerprint density at radius 2 is 2.10 bits per heavy atom. The van der Waals surface area contributed by atoms with Gasteiger partial charge in [-0.15, -0.1) is 0 Å². The largest absolute Gasteiger partial charge is 0.375 e. The van der Waals surface area contributed by atoms with Crippen LogP contribution < -0.4 is 5.32 Å². The lowest BCUT2D eigenvalue weighted by Crippen LogP contribution is -2.44. The Morgan fingerprint density at radius 1 is 1.40 bits per heavy atom. The van der Waals surface area contributed by atoms with Crippen LogP contribution in [0.5, 0.6) is 0 Å². The molecule has 1 fully saturated rings. The highest BCUT2D eigenvalue weighted by Gasteiger charge is 2.32. The molecule has 1 aromatic heterocycles. The lowest BCUT2D eigenvalue weighted by Gasteiger charge is -2.19. The average molecular weight is 278 g/mol. The average Bonchev–Trinajstić information content (AvgIpc) is 2.79. The van der Waals surface area contributed by atoms with Gasteiger partial charge in [-0.2, -0.15) is 0 Å².